The lowest BCUT2D eigenvalue weighted by atomic mass is 9.49. The maximum atomic E-state index is 15.4. The van der Waals surface area contributed by atoms with E-state index in [9.17, 15) is 4.79 Å². The van der Waals surface area contributed by atoms with Crippen molar-refractivity contribution in [3.05, 3.63) is 29.6 Å². The van der Waals surface area contributed by atoms with E-state index >= 15 is 4.39 Å². The second-order valence-corrected chi connectivity index (χ2v) is 11.6. The summed E-state index contributed by atoms with van der Waals surface area (Å²) < 4.78 is 15.4. The van der Waals surface area contributed by atoms with Crippen LogP contribution in [0.1, 0.15) is 62.6 Å². The van der Waals surface area contributed by atoms with E-state index in [1.807, 2.05) is 30.2 Å². The van der Waals surface area contributed by atoms with Gasteiger partial charge in [0.15, 0.2) is 0 Å². The topological polar surface area (TPSA) is 45.2 Å². The van der Waals surface area contributed by atoms with Crippen LogP contribution in [0.4, 0.5) is 4.39 Å². The number of hydrogen-bond acceptors (Lipinski definition) is 3. The van der Waals surface area contributed by atoms with Crippen molar-refractivity contribution in [2.75, 3.05) is 19.6 Å². The highest BCUT2D eigenvalue weighted by Crippen LogP contribution is 2.64. The molecule has 1 aromatic heterocycles. The SMILES string of the molecule is Cc1ccc(CNCC2(F)CCN(C(=O)C34C[C@@H]5C[C@@H](CC(Cl)(C5)C3)C4)CC2)nc1. The van der Waals surface area contributed by atoms with Gasteiger partial charge in [0.25, 0.3) is 0 Å². The van der Waals surface area contributed by atoms with Crippen molar-refractivity contribution < 1.29 is 9.18 Å². The first-order chi connectivity index (χ1) is 14.3. The van der Waals surface area contributed by atoms with Crippen molar-refractivity contribution in [2.45, 2.75) is 75.4 Å². The molecule has 1 amide bonds. The smallest absolute Gasteiger partial charge is 0.228 e. The fourth-order valence-corrected chi connectivity index (χ4v) is 7.73. The Balaban J connectivity index is 1.16. The third-order valence-electron chi connectivity index (χ3n) is 8.11. The zero-order chi connectivity index (χ0) is 21.0. The molecule has 4 saturated carbocycles. The average Bonchev–Trinajstić information content (AvgIpc) is 2.68. The Hall–Kier alpha value is -1.20. The molecule has 4 bridgehead atoms. The summed E-state index contributed by atoms with van der Waals surface area (Å²) in [6.07, 6.45) is 8.88. The minimum absolute atomic E-state index is 0.159. The van der Waals surface area contributed by atoms with Crippen molar-refractivity contribution in [3.8, 4) is 0 Å². The van der Waals surface area contributed by atoms with Crippen LogP contribution >= 0.6 is 11.6 Å². The zero-order valence-corrected chi connectivity index (χ0v) is 18.7. The van der Waals surface area contributed by atoms with Crippen molar-refractivity contribution in [1.82, 2.24) is 15.2 Å². The normalized spacial score (nSPS) is 36.8. The van der Waals surface area contributed by atoms with Gasteiger partial charge in [-0.1, -0.05) is 6.07 Å². The lowest BCUT2D eigenvalue weighted by Gasteiger charge is -2.60. The van der Waals surface area contributed by atoms with Crippen LogP contribution in [-0.2, 0) is 11.3 Å². The van der Waals surface area contributed by atoms with Crippen LogP contribution in [0.5, 0.6) is 0 Å². The predicted octanol–water partition coefficient (Wildman–Crippen LogP) is 4.39. The number of carbonyl (C=O) groups excluding carboxylic acids is 1. The molecule has 0 aromatic carbocycles. The molecule has 2 heterocycles. The minimum Gasteiger partial charge on any atom is -0.342 e. The molecule has 1 aliphatic heterocycles. The quantitative estimate of drug-likeness (QED) is 0.700. The summed E-state index contributed by atoms with van der Waals surface area (Å²) in [5.41, 5.74) is 0.527. The van der Waals surface area contributed by atoms with E-state index in [1.165, 1.54) is 6.42 Å². The largest absolute Gasteiger partial charge is 0.342 e. The van der Waals surface area contributed by atoms with Gasteiger partial charge < -0.3 is 10.2 Å². The fraction of sp³-hybridized carbons (Fsp3) is 0.750. The predicted molar refractivity (Wildman–Crippen MR) is 116 cm³/mol. The number of likely N-dealkylation sites (tertiary alicyclic amines) is 1. The van der Waals surface area contributed by atoms with E-state index < -0.39 is 5.67 Å². The van der Waals surface area contributed by atoms with E-state index in [-0.39, 0.29) is 16.2 Å². The van der Waals surface area contributed by atoms with Crippen LogP contribution in [0.25, 0.3) is 0 Å². The molecule has 5 aliphatic rings. The van der Waals surface area contributed by atoms with Crippen LogP contribution in [0.3, 0.4) is 0 Å². The summed E-state index contributed by atoms with van der Waals surface area (Å²) in [6.45, 7) is 3.92. The van der Waals surface area contributed by atoms with E-state index in [2.05, 4.69) is 10.3 Å². The van der Waals surface area contributed by atoms with Gasteiger partial charge in [-0.2, -0.15) is 0 Å². The van der Waals surface area contributed by atoms with Gasteiger partial charge in [0.2, 0.25) is 5.91 Å². The van der Waals surface area contributed by atoms with Crippen molar-refractivity contribution in [3.63, 3.8) is 0 Å². The minimum atomic E-state index is -1.25. The first-order valence-corrected chi connectivity index (χ1v) is 11.9. The first-order valence-electron chi connectivity index (χ1n) is 11.6. The number of nitrogens with zero attached hydrogens (tertiary/aromatic N) is 2. The highest BCUT2D eigenvalue weighted by atomic mass is 35.5. The Morgan fingerprint density at radius 2 is 1.93 bits per heavy atom. The Kier molecular flexibility index (Phi) is 5.13. The number of nitrogens with one attached hydrogen (secondary N) is 1. The molecule has 164 valence electrons. The number of carbonyl (C=O) groups is 1. The molecule has 0 radical (unpaired) electrons. The second kappa shape index (κ2) is 7.44. The first kappa shape index (κ1) is 20.7. The molecule has 0 spiro atoms. The molecule has 2 unspecified atom stereocenters. The van der Waals surface area contributed by atoms with Crippen LogP contribution in [-0.4, -0.2) is 46.0 Å². The molecule has 6 rings (SSSR count). The molecule has 1 N–H and O–H groups in total. The molecule has 1 aromatic rings. The summed E-state index contributed by atoms with van der Waals surface area (Å²) in [5, 5.41) is 3.23. The third kappa shape index (κ3) is 3.88. The maximum absolute atomic E-state index is 15.4. The van der Waals surface area contributed by atoms with Gasteiger partial charge in [0.1, 0.15) is 5.67 Å². The lowest BCUT2D eigenvalue weighted by Crippen LogP contribution is -2.60. The fourth-order valence-electron chi connectivity index (χ4n) is 7.04. The monoisotopic (exact) mass is 433 g/mol. The molecular weight excluding hydrogens is 401 g/mol. The molecule has 6 heteroatoms. The Morgan fingerprint density at radius 3 is 2.53 bits per heavy atom. The zero-order valence-electron chi connectivity index (χ0n) is 17.9. The van der Waals surface area contributed by atoms with Crippen LogP contribution in [0.15, 0.2) is 18.3 Å². The third-order valence-corrected chi connectivity index (χ3v) is 8.55. The number of rotatable bonds is 5. The Labute approximate surface area is 184 Å². The number of pyridine rings is 1. The number of hydrogen-bond donors (Lipinski definition) is 1. The van der Waals surface area contributed by atoms with Gasteiger partial charge >= 0.3 is 0 Å². The summed E-state index contributed by atoms with van der Waals surface area (Å²) >= 11 is 6.92. The summed E-state index contributed by atoms with van der Waals surface area (Å²) in [7, 11) is 0. The molecule has 1 saturated heterocycles. The van der Waals surface area contributed by atoms with Crippen LogP contribution in [0, 0.1) is 24.2 Å². The summed E-state index contributed by atoms with van der Waals surface area (Å²) in [5.74, 6) is 1.48. The number of aromatic nitrogens is 1. The van der Waals surface area contributed by atoms with Gasteiger partial charge in [0, 0.05) is 50.1 Å². The Morgan fingerprint density at radius 1 is 1.23 bits per heavy atom. The second-order valence-electron chi connectivity index (χ2n) is 10.8. The van der Waals surface area contributed by atoms with Crippen LogP contribution < -0.4 is 5.32 Å². The van der Waals surface area contributed by atoms with E-state index in [0.717, 1.165) is 43.4 Å². The highest BCUT2D eigenvalue weighted by Gasteiger charge is 2.61. The Bertz CT molecular complexity index is 791. The summed E-state index contributed by atoms with van der Waals surface area (Å²) in [6, 6.07) is 4.00. The molecule has 4 nitrogen and oxygen atoms in total. The number of alkyl halides is 2. The van der Waals surface area contributed by atoms with E-state index in [1.54, 1.807) is 0 Å². The van der Waals surface area contributed by atoms with Crippen molar-refractivity contribution >= 4 is 17.5 Å². The van der Waals surface area contributed by atoms with Crippen molar-refractivity contribution in [2.24, 2.45) is 17.3 Å². The molecule has 30 heavy (non-hydrogen) atoms. The number of aryl methyl sites for hydroxylation is 1. The van der Waals surface area contributed by atoms with Gasteiger partial charge in [-0.05, 0) is 68.9 Å². The summed E-state index contributed by atoms with van der Waals surface area (Å²) in [4.78, 5) is 19.7. The van der Waals surface area contributed by atoms with E-state index in [4.69, 9.17) is 11.6 Å². The standard InChI is InChI=1S/C24H33ClFN3O/c1-17-2-3-20(28-13-17)14-27-16-24(26)4-6-29(7-5-24)21(30)22-9-18-8-19(10-22)12-23(25,11-18)15-22/h2-3,13,18-19,27H,4-12,14-16H2,1H3/t18-,19+,22?,23?. The van der Waals surface area contributed by atoms with E-state index in [0.29, 0.717) is 50.9 Å². The van der Waals surface area contributed by atoms with Gasteiger partial charge in [0.05, 0.1) is 11.1 Å². The molecular formula is C24H33ClFN3O. The molecule has 4 aliphatic carbocycles. The van der Waals surface area contributed by atoms with Crippen molar-refractivity contribution in [1.29, 1.82) is 0 Å². The average molecular weight is 434 g/mol. The number of amides is 1. The van der Waals surface area contributed by atoms with Crippen LogP contribution in [0.2, 0.25) is 0 Å². The maximum Gasteiger partial charge on any atom is 0.228 e. The highest BCUT2D eigenvalue weighted by molar-refractivity contribution is 6.24. The van der Waals surface area contributed by atoms with Gasteiger partial charge in [-0.15, -0.1) is 11.6 Å². The number of piperidine rings is 1. The molecule has 5 fully saturated rings. The molecule has 4 atom stereocenters. The van der Waals surface area contributed by atoms with Gasteiger partial charge in [-0.3, -0.25) is 9.78 Å². The number of halogens is 2. The lowest BCUT2D eigenvalue weighted by molar-refractivity contribution is -0.158. The van der Waals surface area contributed by atoms with Gasteiger partial charge in [-0.25, -0.2) is 4.39 Å².